The van der Waals surface area contributed by atoms with Crippen molar-refractivity contribution in [2.75, 3.05) is 4.72 Å². The Hall–Kier alpha value is -1.46. The summed E-state index contributed by atoms with van der Waals surface area (Å²) in [5, 5.41) is 1.62. The lowest BCUT2D eigenvalue weighted by atomic mass is 10.0. The standard InChI is InChI=1S/C19H12Cl3F2NS/c20-13-2-4-19(18(22)8-13)26-25-16-3-1-12(17(21)10-16)5-11-6-14(23)9-15(24)7-11/h1-4,6-10,25H,5H2. The number of halogens is 5. The van der Waals surface area contributed by atoms with Crippen LogP contribution in [0.5, 0.6) is 0 Å². The number of nitrogens with one attached hydrogen (secondary N) is 1. The summed E-state index contributed by atoms with van der Waals surface area (Å²) >= 11 is 19.7. The molecule has 0 aliphatic carbocycles. The summed E-state index contributed by atoms with van der Waals surface area (Å²) in [5.74, 6) is -1.21. The molecule has 0 unspecified atom stereocenters. The fourth-order valence-corrected chi connectivity index (χ4v) is 3.78. The Morgan fingerprint density at radius 1 is 0.808 bits per heavy atom. The van der Waals surface area contributed by atoms with Crippen molar-refractivity contribution in [2.45, 2.75) is 11.3 Å². The van der Waals surface area contributed by atoms with Gasteiger partial charge in [0.25, 0.3) is 0 Å². The van der Waals surface area contributed by atoms with Gasteiger partial charge in [0.15, 0.2) is 0 Å². The van der Waals surface area contributed by atoms with Crippen LogP contribution in [0.1, 0.15) is 11.1 Å². The Kier molecular flexibility index (Phi) is 6.30. The first kappa shape index (κ1) is 19.3. The third-order valence-electron chi connectivity index (χ3n) is 3.54. The van der Waals surface area contributed by atoms with E-state index in [4.69, 9.17) is 34.8 Å². The molecule has 0 amide bonds. The molecule has 1 nitrogen and oxygen atoms in total. The van der Waals surface area contributed by atoms with Gasteiger partial charge in [-0.05, 0) is 72.0 Å². The minimum atomic E-state index is -0.606. The van der Waals surface area contributed by atoms with E-state index in [-0.39, 0.29) is 0 Å². The van der Waals surface area contributed by atoms with Crippen LogP contribution < -0.4 is 4.72 Å². The zero-order valence-corrected chi connectivity index (χ0v) is 16.3. The Morgan fingerprint density at radius 3 is 2.19 bits per heavy atom. The molecule has 7 heteroatoms. The number of rotatable bonds is 5. The van der Waals surface area contributed by atoms with E-state index in [2.05, 4.69) is 4.72 Å². The second-order valence-electron chi connectivity index (χ2n) is 5.54. The average Bonchev–Trinajstić information content (AvgIpc) is 2.55. The van der Waals surface area contributed by atoms with Gasteiger partial charge >= 0.3 is 0 Å². The van der Waals surface area contributed by atoms with Gasteiger partial charge in [-0.25, -0.2) is 8.78 Å². The molecule has 0 heterocycles. The maximum absolute atomic E-state index is 13.3. The van der Waals surface area contributed by atoms with Crippen molar-refractivity contribution in [3.8, 4) is 0 Å². The van der Waals surface area contributed by atoms with E-state index >= 15 is 0 Å². The highest BCUT2D eigenvalue weighted by atomic mass is 35.5. The molecular weight excluding hydrogens is 419 g/mol. The second-order valence-corrected chi connectivity index (χ2v) is 7.64. The topological polar surface area (TPSA) is 12.0 Å². The maximum Gasteiger partial charge on any atom is 0.126 e. The lowest BCUT2D eigenvalue weighted by Gasteiger charge is -2.10. The Labute approximate surface area is 169 Å². The smallest absolute Gasteiger partial charge is 0.126 e. The van der Waals surface area contributed by atoms with Crippen molar-refractivity contribution < 1.29 is 8.78 Å². The van der Waals surface area contributed by atoms with Gasteiger partial charge in [-0.15, -0.1) is 0 Å². The first-order valence-electron chi connectivity index (χ1n) is 7.52. The SMILES string of the molecule is Fc1cc(F)cc(Cc2ccc(NSc3ccc(Cl)cc3Cl)cc2Cl)c1. The van der Waals surface area contributed by atoms with E-state index in [1.165, 1.54) is 24.1 Å². The second kappa shape index (κ2) is 8.49. The largest absolute Gasteiger partial charge is 0.326 e. The highest BCUT2D eigenvalue weighted by Crippen LogP contribution is 2.32. The van der Waals surface area contributed by atoms with Gasteiger partial charge in [-0.2, -0.15) is 0 Å². The monoisotopic (exact) mass is 429 g/mol. The minimum absolute atomic E-state index is 0.337. The molecule has 0 radical (unpaired) electrons. The summed E-state index contributed by atoms with van der Waals surface area (Å²) in [5.41, 5.74) is 2.07. The molecule has 0 atom stereocenters. The number of hydrogen-bond donors (Lipinski definition) is 1. The normalized spacial score (nSPS) is 10.8. The van der Waals surface area contributed by atoms with Crippen LogP contribution >= 0.6 is 46.8 Å². The summed E-state index contributed by atoms with van der Waals surface area (Å²) < 4.78 is 29.8. The predicted octanol–water partition coefficient (Wildman–Crippen LogP) is 7.64. The zero-order valence-electron chi connectivity index (χ0n) is 13.2. The van der Waals surface area contributed by atoms with Gasteiger partial charge in [0, 0.05) is 26.7 Å². The number of hydrogen-bond acceptors (Lipinski definition) is 2. The van der Waals surface area contributed by atoms with Crippen molar-refractivity contribution >= 4 is 52.4 Å². The van der Waals surface area contributed by atoms with Crippen LogP contribution in [-0.2, 0) is 6.42 Å². The Morgan fingerprint density at radius 2 is 1.54 bits per heavy atom. The molecule has 0 saturated carbocycles. The van der Waals surface area contributed by atoms with E-state index in [0.717, 1.165) is 22.2 Å². The van der Waals surface area contributed by atoms with Gasteiger partial charge in [0.1, 0.15) is 11.6 Å². The molecule has 0 bridgehead atoms. The van der Waals surface area contributed by atoms with E-state index in [9.17, 15) is 8.78 Å². The summed E-state index contributed by atoms with van der Waals surface area (Å²) in [6.45, 7) is 0. The Balaban J connectivity index is 1.70. The summed E-state index contributed by atoms with van der Waals surface area (Å²) in [6.07, 6.45) is 0.337. The quantitative estimate of drug-likeness (QED) is 0.417. The third-order valence-corrected chi connectivity index (χ3v) is 5.47. The molecule has 0 aliphatic heterocycles. The predicted molar refractivity (Wildman–Crippen MR) is 107 cm³/mol. The van der Waals surface area contributed by atoms with Crippen LogP contribution in [0.2, 0.25) is 15.1 Å². The number of benzene rings is 3. The zero-order chi connectivity index (χ0) is 18.7. The number of anilines is 1. The lowest BCUT2D eigenvalue weighted by molar-refractivity contribution is 0.580. The molecule has 3 rings (SSSR count). The fraction of sp³-hybridized carbons (Fsp3) is 0.0526. The van der Waals surface area contributed by atoms with Crippen molar-refractivity contribution in [2.24, 2.45) is 0 Å². The molecular formula is C19H12Cl3F2NS. The highest BCUT2D eigenvalue weighted by Gasteiger charge is 2.08. The van der Waals surface area contributed by atoms with Gasteiger partial charge < -0.3 is 4.72 Å². The van der Waals surface area contributed by atoms with E-state index in [1.807, 2.05) is 18.2 Å². The molecule has 3 aromatic carbocycles. The molecule has 26 heavy (non-hydrogen) atoms. The molecule has 1 N–H and O–H groups in total. The van der Waals surface area contributed by atoms with E-state index in [0.29, 0.717) is 27.1 Å². The Bertz CT molecular complexity index is 930. The van der Waals surface area contributed by atoms with E-state index < -0.39 is 11.6 Å². The van der Waals surface area contributed by atoms with Gasteiger partial charge in [-0.1, -0.05) is 40.9 Å². The third kappa shape index (κ3) is 5.04. The fourth-order valence-electron chi connectivity index (χ4n) is 2.36. The van der Waals surface area contributed by atoms with Crippen LogP contribution in [0, 0.1) is 11.6 Å². The highest BCUT2D eigenvalue weighted by molar-refractivity contribution is 8.00. The summed E-state index contributed by atoms with van der Waals surface area (Å²) in [6, 6.07) is 14.1. The van der Waals surface area contributed by atoms with Crippen LogP contribution in [0.3, 0.4) is 0 Å². The van der Waals surface area contributed by atoms with E-state index in [1.54, 1.807) is 18.2 Å². The van der Waals surface area contributed by atoms with Crippen LogP contribution in [0.25, 0.3) is 0 Å². The first-order chi connectivity index (χ1) is 12.4. The van der Waals surface area contributed by atoms with Crippen LogP contribution in [0.4, 0.5) is 14.5 Å². The van der Waals surface area contributed by atoms with Crippen molar-refractivity contribution in [1.82, 2.24) is 0 Å². The van der Waals surface area contributed by atoms with Gasteiger partial charge in [0.2, 0.25) is 0 Å². The molecule has 0 aromatic heterocycles. The molecule has 0 saturated heterocycles. The van der Waals surface area contributed by atoms with Crippen molar-refractivity contribution in [1.29, 1.82) is 0 Å². The first-order valence-corrected chi connectivity index (χ1v) is 9.47. The lowest BCUT2D eigenvalue weighted by Crippen LogP contribution is -1.94. The maximum atomic E-state index is 13.3. The minimum Gasteiger partial charge on any atom is -0.326 e. The summed E-state index contributed by atoms with van der Waals surface area (Å²) in [4.78, 5) is 0.825. The average molecular weight is 431 g/mol. The molecule has 0 spiro atoms. The molecule has 0 fully saturated rings. The molecule has 3 aromatic rings. The molecule has 134 valence electrons. The van der Waals surface area contributed by atoms with Crippen LogP contribution in [0.15, 0.2) is 59.5 Å². The van der Waals surface area contributed by atoms with Gasteiger partial charge in [-0.3, -0.25) is 0 Å². The molecule has 0 aliphatic rings. The van der Waals surface area contributed by atoms with Crippen LogP contribution in [-0.4, -0.2) is 0 Å². The van der Waals surface area contributed by atoms with Crippen molar-refractivity contribution in [3.05, 3.63) is 92.4 Å². The van der Waals surface area contributed by atoms with Crippen molar-refractivity contribution in [3.63, 3.8) is 0 Å². The van der Waals surface area contributed by atoms with Gasteiger partial charge in [0.05, 0.1) is 5.02 Å². The summed E-state index contributed by atoms with van der Waals surface area (Å²) in [7, 11) is 0.